The number of ether oxygens (including phenoxy) is 1. The Hall–Kier alpha value is -2.98. The van der Waals surface area contributed by atoms with Crippen LogP contribution in [0.5, 0.6) is 0 Å². The first kappa shape index (κ1) is 19.3. The van der Waals surface area contributed by atoms with Crippen molar-refractivity contribution in [2.45, 2.75) is 18.4 Å². The number of hydrogen-bond donors (Lipinski definition) is 1. The molecule has 10 heteroatoms. The molecule has 0 aliphatic rings. The number of benzene rings is 2. The minimum absolute atomic E-state index is 0.00609. The van der Waals surface area contributed by atoms with Gasteiger partial charge in [0.1, 0.15) is 11.5 Å². The van der Waals surface area contributed by atoms with E-state index in [1.807, 2.05) is 6.07 Å². The second-order valence-electron chi connectivity index (χ2n) is 5.24. The largest absolute Gasteiger partial charge is 0.444 e. The molecule has 0 spiro atoms. The SMILES string of the molecule is CCN(C(=O)OCc1ccccc1)c1ccc([N+](=O)[O-])cc1S(N)(=O)=O. The van der Waals surface area contributed by atoms with Crippen molar-refractivity contribution in [1.82, 2.24) is 0 Å². The van der Waals surface area contributed by atoms with Gasteiger partial charge in [-0.2, -0.15) is 0 Å². The smallest absolute Gasteiger partial charge is 0.414 e. The van der Waals surface area contributed by atoms with Crippen molar-refractivity contribution in [2.24, 2.45) is 5.14 Å². The van der Waals surface area contributed by atoms with Crippen molar-refractivity contribution >= 4 is 27.5 Å². The van der Waals surface area contributed by atoms with Crippen molar-refractivity contribution in [3.05, 3.63) is 64.2 Å². The lowest BCUT2D eigenvalue weighted by atomic mass is 10.2. The molecular formula is C16H17N3O6S. The maximum atomic E-state index is 12.4. The van der Waals surface area contributed by atoms with Gasteiger partial charge in [0.25, 0.3) is 5.69 Å². The molecule has 0 aliphatic heterocycles. The molecule has 138 valence electrons. The van der Waals surface area contributed by atoms with E-state index in [0.717, 1.165) is 28.7 Å². The fourth-order valence-electron chi connectivity index (χ4n) is 2.26. The summed E-state index contributed by atoms with van der Waals surface area (Å²) in [6, 6.07) is 12.0. The summed E-state index contributed by atoms with van der Waals surface area (Å²) in [5.41, 5.74) is 0.220. The predicted molar refractivity (Wildman–Crippen MR) is 94.1 cm³/mol. The van der Waals surface area contributed by atoms with E-state index in [-0.39, 0.29) is 18.8 Å². The molecule has 9 nitrogen and oxygen atoms in total. The standard InChI is InChI=1S/C16H17N3O6S/c1-2-18(16(20)25-11-12-6-4-3-5-7-12)14-9-8-13(19(21)22)10-15(14)26(17,23)24/h3-10H,2,11H2,1H3,(H2,17,23,24). The predicted octanol–water partition coefficient (Wildman–Crippen LogP) is 2.41. The highest BCUT2D eigenvalue weighted by Crippen LogP contribution is 2.29. The van der Waals surface area contributed by atoms with Gasteiger partial charge in [0.15, 0.2) is 0 Å². The third-order valence-corrected chi connectivity index (χ3v) is 4.43. The van der Waals surface area contributed by atoms with Crippen molar-refractivity contribution in [2.75, 3.05) is 11.4 Å². The molecule has 2 aromatic carbocycles. The molecule has 2 N–H and O–H groups in total. The first-order valence-electron chi connectivity index (χ1n) is 7.53. The Morgan fingerprint density at radius 1 is 1.23 bits per heavy atom. The molecule has 2 rings (SSSR count). The maximum absolute atomic E-state index is 12.4. The third kappa shape index (κ3) is 4.55. The number of primary sulfonamides is 1. The lowest BCUT2D eigenvalue weighted by Crippen LogP contribution is -2.33. The highest BCUT2D eigenvalue weighted by atomic mass is 32.2. The van der Waals surface area contributed by atoms with E-state index in [0.29, 0.717) is 0 Å². The van der Waals surface area contributed by atoms with Crippen LogP contribution in [0.1, 0.15) is 12.5 Å². The number of nitro benzene ring substituents is 1. The number of hydrogen-bond acceptors (Lipinski definition) is 6. The van der Waals surface area contributed by atoms with Crippen molar-refractivity contribution in [3.63, 3.8) is 0 Å². The van der Waals surface area contributed by atoms with Crippen LogP contribution in [0.4, 0.5) is 16.2 Å². The van der Waals surface area contributed by atoms with Crippen LogP contribution in [0.3, 0.4) is 0 Å². The summed E-state index contributed by atoms with van der Waals surface area (Å²) < 4.78 is 28.9. The van der Waals surface area contributed by atoms with Crippen LogP contribution in [0.15, 0.2) is 53.4 Å². The third-order valence-electron chi connectivity index (χ3n) is 3.49. The van der Waals surface area contributed by atoms with Gasteiger partial charge >= 0.3 is 6.09 Å². The summed E-state index contributed by atoms with van der Waals surface area (Å²) in [4.78, 5) is 23.0. The van der Waals surface area contributed by atoms with Crippen LogP contribution >= 0.6 is 0 Å². The van der Waals surface area contributed by atoms with E-state index in [1.54, 1.807) is 31.2 Å². The van der Waals surface area contributed by atoms with Gasteiger partial charge in [-0.05, 0) is 18.6 Å². The zero-order valence-corrected chi connectivity index (χ0v) is 14.7. The summed E-state index contributed by atoms with van der Waals surface area (Å²) in [6.07, 6.45) is -0.796. The van der Waals surface area contributed by atoms with Gasteiger partial charge < -0.3 is 4.74 Å². The Labute approximate surface area is 150 Å². The molecule has 1 amide bonds. The minimum Gasteiger partial charge on any atom is -0.444 e. The second-order valence-corrected chi connectivity index (χ2v) is 6.77. The van der Waals surface area contributed by atoms with E-state index in [9.17, 15) is 23.3 Å². The summed E-state index contributed by atoms with van der Waals surface area (Å²) in [7, 11) is -4.30. The van der Waals surface area contributed by atoms with Gasteiger partial charge in [-0.1, -0.05) is 30.3 Å². The number of carbonyl (C=O) groups excluding carboxylic acids is 1. The molecule has 26 heavy (non-hydrogen) atoms. The Bertz CT molecular complexity index is 915. The van der Waals surface area contributed by atoms with Crippen LogP contribution in [-0.4, -0.2) is 26.0 Å². The van der Waals surface area contributed by atoms with E-state index in [2.05, 4.69) is 0 Å². The van der Waals surface area contributed by atoms with Gasteiger partial charge in [0.05, 0.1) is 10.6 Å². The van der Waals surface area contributed by atoms with Gasteiger partial charge in [-0.25, -0.2) is 18.4 Å². The number of nitrogens with zero attached hydrogens (tertiary/aromatic N) is 2. The average molecular weight is 379 g/mol. The molecule has 0 aromatic heterocycles. The van der Waals surface area contributed by atoms with E-state index < -0.39 is 31.6 Å². The number of anilines is 1. The molecule has 0 fully saturated rings. The lowest BCUT2D eigenvalue weighted by molar-refractivity contribution is -0.385. The number of nitro groups is 1. The van der Waals surface area contributed by atoms with E-state index in [4.69, 9.17) is 9.88 Å². The second kappa shape index (κ2) is 7.93. The topological polar surface area (TPSA) is 133 Å². The molecule has 2 aromatic rings. The Morgan fingerprint density at radius 2 is 1.88 bits per heavy atom. The maximum Gasteiger partial charge on any atom is 0.414 e. The Morgan fingerprint density at radius 3 is 2.42 bits per heavy atom. The molecule has 0 unspecified atom stereocenters. The molecule has 0 heterocycles. The van der Waals surface area contributed by atoms with Crippen LogP contribution < -0.4 is 10.0 Å². The Balaban J connectivity index is 2.33. The van der Waals surface area contributed by atoms with Gasteiger partial charge in [0, 0.05) is 18.7 Å². The first-order chi connectivity index (χ1) is 12.2. The molecule has 0 saturated carbocycles. The van der Waals surface area contributed by atoms with Crippen LogP contribution in [0.2, 0.25) is 0 Å². The fourth-order valence-corrected chi connectivity index (χ4v) is 3.02. The molecule has 0 radical (unpaired) electrons. The zero-order valence-electron chi connectivity index (χ0n) is 13.9. The summed E-state index contributed by atoms with van der Waals surface area (Å²) in [5, 5.41) is 16.0. The van der Waals surface area contributed by atoms with E-state index >= 15 is 0 Å². The number of sulfonamides is 1. The fraction of sp³-hybridized carbons (Fsp3) is 0.188. The van der Waals surface area contributed by atoms with Gasteiger partial charge in [0.2, 0.25) is 10.0 Å². The minimum atomic E-state index is -4.30. The molecule has 0 saturated heterocycles. The number of amides is 1. The van der Waals surface area contributed by atoms with Crippen molar-refractivity contribution in [3.8, 4) is 0 Å². The number of nitrogens with two attached hydrogens (primary N) is 1. The monoisotopic (exact) mass is 379 g/mol. The van der Waals surface area contributed by atoms with Crippen LogP contribution in [-0.2, 0) is 21.4 Å². The molecule has 0 atom stereocenters. The van der Waals surface area contributed by atoms with Crippen molar-refractivity contribution < 1.29 is 22.9 Å². The number of non-ortho nitro benzene ring substituents is 1. The van der Waals surface area contributed by atoms with Gasteiger partial charge in [-0.3, -0.25) is 15.0 Å². The van der Waals surface area contributed by atoms with Crippen molar-refractivity contribution in [1.29, 1.82) is 0 Å². The van der Waals surface area contributed by atoms with E-state index in [1.165, 1.54) is 0 Å². The summed E-state index contributed by atoms with van der Waals surface area (Å²) in [5.74, 6) is 0. The highest BCUT2D eigenvalue weighted by molar-refractivity contribution is 7.89. The highest BCUT2D eigenvalue weighted by Gasteiger charge is 2.26. The average Bonchev–Trinajstić information content (AvgIpc) is 2.60. The normalized spacial score (nSPS) is 11.0. The molecular weight excluding hydrogens is 362 g/mol. The molecule has 0 bridgehead atoms. The Kier molecular flexibility index (Phi) is 5.90. The summed E-state index contributed by atoms with van der Waals surface area (Å²) in [6.45, 7) is 1.68. The quantitative estimate of drug-likeness (QED) is 0.605. The number of rotatable bonds is 6. The summed E-state index contributed by atoms with van der Waals surface area (Å²) >= 11 is 0. The first-order valence-corrected chi connectivity index (χ1v) is 9.08. The van der Waals surface area contributed by atoms with Crippen LogP contribution in [0, 0.1) is 10.1 Å². The molecule has 0 aliphatic carbocycles. The van der Waals surface area contributed by atoms with Crippen LogP contribution in [0.25, 0.3) is 0 Å². The number of carbonyl (C=O) groups is 1. The van der Waals surface area contributed by atoms with Gasteiger partial charge in [-0.15, -0.1) is 0 Å². The lowest BCUT2D eigenvalue weighted by Gasteiger charge is -2.22. The zero-order chi connectivity index (χ0) is 19.3.